The minimum Gasteiger partial charge on any atom is -0.396 e. The number of aliphatic hydroxyl groups is 1. The zero-order chi connectivity index (χ0) is 7.90. The first-order chi connectivity index (χ1) is 5.29. The molecule has 0 aromatic carbocycles. The van der Waals surface area contributed by atoms with Gasteiger partial charge in [-0.3, -0.25) is 0 Å². The molecule has 0 spiro atoms. The first kappa shape index (κ1) is 7.56. The van der Waals surface area contributed by atoms with E-state index in [1.807, 2.05) is 0 Å². The molecule has 0 amide bonds. The summed E-state index contributed by atoms with van der Waals surface area (Å²) in [5, 5.41) is 9.21. The van der Waals surface area contributed by atoms with Crippen molar-refractivity contribution in [1.29, 1.82) is 0 Å². The molecule has 2 fully saturated rings. The van der Waals surface area contributed by atoms with Crippen LogP contribution in [0.25, 0.3) is 0 Å². The van der Waals surface area contributed by atoms with E-state index in [9.17, 15) is 5.11 Å². The van der Waals surface area contributed by atoms with E-state index in [0.717, 1.165) is 18.4 Å². The van der Waals surface area contributed by atoms with Gasteiger partial charge in [-0.1, -0.05) is 0 Å². The molecule has 2 unspecified atom stereocenters. The second-order valence-corrected chi connectivity index (χ2v) is 4.26. The van der Waals surface area contributed by atoms with Crippen LogP contribution in [-0.2, 0) is 4.74 Å². The van der Waals surface area contributed by atoms with Crippen LogP contribution >= 0.6 is 0 Å². The molecule has 0 radical (unpaired) electrons. The fourth-order valence-corrected chi connectivity index (χ4v) is 2.60. The van der Waals surface area contributed by atoms with Crippen LogP contribution in [0.2, 0.25) is 0 Å². The number of hydrogen-bond donors (Lipinski definition) is 1. The summed E-state index contributed by atoms with van der Waals surface area (Å²) in [4.78, 5) is 0. The van der Waals surface area contributed by atoms with Gasteiger partial charge in [0.25, 0.3) is 0 Å². The third kappa shape index (κ3) is 1.18. The summed E-state index contributed by atoms with van der Waals surface area (Å²) in [7, 11) is 1.72. The Bertz CT molecular complexity index is 146. The van der Waals surface area contributed by atoms with E-state index < -0.39 is 0 Å². The summed E-state index contributed by atoms with van der Waals surface area (Å²) >= 11 is 0. The van der Waals surface area contributed by atoms with Gasteiger partial charge < -0.3 is 9.84 Å². The van der Waals surface area contributed by atoms with Crippen molar-refractivity contribution in [3.05, 3.63) is 0 Å². The Kier molecular flexibility index (Phi) is 1.69. The number of ether oxygens (including phenoxy) is 1. The smallest absolute Gasteiger partial charge is 0.0540 e. The molecule has 2 nitrogen and oxygen atoms in total. The molecule has 2 heteroatoms. The van der Waals surface area contributed by atoms with Crippen molar-refractivity contribution >= 4 is 0 Å². The number of fused-ring (bicyclic) bond motifs is 1. The van der Waals surface area contributed by atoms with Crippen LogP contribution < -0.4 is 0 Å². The lowest BCUT2D eigenvalue weighted by atomic mass is 9.85. The Hall–Kier alpha value is -0.0800. The van der Waals surface area contributed by atoms with Crippen LogP contribution in [0.4, 0.5) is 0 Å². The molecule has 0 aromatic heterocycles. The molecule has 1 N–H and O–H groups in total. The van der Waals surface area contributed by atoms with Crippen LogP contribution in [0, 0.1) is 17.3 Å². The average Bonchev–Trinajstić information content (AvgIpc) is 2.61. The third-order valence-corrected chi connectivity index (χ3v) is 3.25. The number of rotatable bonds is 3. The maximum Gasteiger partial charge on any atom is 0.0540 e. The highest BCUT2D eigenvalue weighted by atomic mass is 16.5. The highest BCUT2D eigenvalue weighted by Crippen LogP contribution is 2.59. The summed E-state index contributed by atoms with van der Waals surface area (Å²) in [5.74, 6) is 1.86. The van der Waals surface area contributed by atoms with Gasteiger partial charge in [-0.2, -0.15) is 0 Å². The Balaban J connectivity index is 1.96. The first-order valence-corrected chi connectivity index (χ1v) is 4.39. The molecule has 0 aromatic rings. The maximum atomic E-state index is 9.21. The van der Waals surface area contributed by atoms with Crippen molar-refractivity contribution < 1.29 is 9.84 Å². The fraction of sp³-hybridized carbons (Fsp3) is 1.00. The summed E-state index contributed by atoms with van der Waals surface area (Å²) in [5.41, 5.74) is 0.141. The van der Waals surface area contributed by atoms with Crippen molar-refractivity contribution in [3.63, 3.8) is 0 Å². The summed E-state index contributed by atoms with van der Waals surface area (Å²) < 4.78 is 5.13. The molecule has 2 atom stereocenters. The monoisotopic (exact) mass is 156 g/mol. The average molecular weight is 156 g/mol. The predicted octanol–water partition coefficient (Wildman–Crippen LogP) is 1.04. The second kappa shape index (κ2) is 2.46. The van der Waals surface area contributed by atoms with Gasteiger partial charge in [-0.25, -0.2) is 0 Å². The van der Waals surface area contributed by atoms with Gasteiger partial charge in [0.05, 0.1) is 13.2 Å². The van der Waals surface area contributed by atoms with Crippen molar-refractivity contribution in [2.75, 3.05) is 20.3 Å². The number of aliphatic hydroxyl groups excluding tert-OH is 1. The molecule has 2 aliphatic rings. The zero-order valence-electron chi connectivity index (χ0n) is 7.05. The van der Waals surface area contributed by atoms with Gasteiger partial charge in [0.2, 0.25) is 0 Å². The standard InChI is InChI=1S/C9H16O2/c1-11-6-9(5-10)3-7-2-8(7)4-9/h7-8,10H,2-6H2,1H3. The Morgan fingerprint density at radius 2 is 2.09 bits per heavy atom. The number of hydrogen-bond acceptors (Lipinski definition) is 2. The maximum absolute atomic E-state index is 9.21. The highest BCUT2D eigenvalue weighted by Gasteiger charge is 2.53. The van der Waals surface area contributed by atoms with Gasteiger partial charge in [0.1, 0.15) is 0 Å². The Morgan fingerprint density at radius 1 is 1.45 bits per heavy atom. The van der Waals surface area contributed by atoms with E-state index in [-0.39, 0.29) is 5.41 Å². The summed E-state index contributed by atoms with van der Waals surface area (Å²) in [6.07, 6.45) is 3.80. The van der Waals surface area contributed by atoms with Gasteiger partial charge in [0, 0.05) is 12.5 Å². The fourth-order valence-electron chi connectivity index (χ4n) is 2.60. The topological polar surface area (TPSA) is 29.5 Å². The molecular weight excluding hydrogens is 140 g/mol. The zero-order valence-corrected chi connectivity index (χ0v) is 7.05. The van der Waals surface area contributed by atoms with E-state index >= 15 is 0 Å². The van der Waals surface area contributed by atoms with E-state index in [0.29, 0.717) is 6.61 Å². The van der Waals surface area contributed by atoms with Gasteiger partial charge in [0.15, 0.2) is 0 Å². The lowest BCUT2D eigenvalue weighted by Crippen LogP contribution is -2.28. The number of methoxy groups -OCH3 is 1. The van der Waals surface area contributed by atoms with E-state index in [4.69, 9.17) is 4.74 Å². The van der Waals surface area contributed by atoms with Crippen molar-refractivity contribution in [2.24, 2.45) is 17.3 Å². The van der Waals surface area contributed by atoms with Crippen LogP contribution in [-0.4, -0.2) is 25.4 Å². The van der Waals surface area contributed by atoms with Crippen molar-refractivity contribution in [2.45, 2.75) is 19.3 Å². The Labute approximate surface area is 67.6 Å². The van der Waals surface area contributed by atoms with Gasteiger partial charge >= 0.3 is 0 Å². The predicted molar refractivity (Wildman–Crippen MR) is 42.2 cm³/mol. The molecule has 0 bridgehead atoms. The van der Waals surface area contributed by atoms with E-state index in [1.54, 1.807) is 7.11 Å². The highest BCUT2D eigenvalue weighted by molar-refractivity contribution is 5.03. The van der Waals surface area contributed by atoms with Crippen molar-refractivity contribution in [1.82, 2.24) is 0 Å². The van der Waals surface area contributed by atoms with Gasteiger partial charge in [-0.15, -0.1) is 0 Å². The summed E-state index contributed by atoms with van der Waals surface area (Å²) in [6.45, 7) is 1.06. The molecule has 2 saturated carbocycles. The van der Waals surface area contributed by atoms with E-state index in [2.05, 4.69) is 0 Å². The third-order valence-electron chi connectivity index (χ3n) is 3.25. The van der Waals surface area contributed by atoms with E-state index in [1.165, 1.54) is 19.3 Å². The van der Waals surface area contributed by atoms with Gasteiger partial charge in [-0.05, 0) is 31.1 Å². The molecule has 0 aliphatic heterocycles. The molecule has 2 rings (SSSR count). The van der Waals surface area contributed by atoms with Crippen LogP contribution in [0.5, 0.6) is 0 Å². The molecule has 0 saturated heterocycles. The molecular formula is C9H16O2. The SMILES string of the molecule is COCC1(CO)CC2CC2C1. The van der Waals surface area contributed by atoms with Crippen LogP contribution in [0.1, 0.15) is 19.3 Å². The minimum atomic E-state index is 0.141. The Morgan fingerprint density at radius 3 is 2.55 bits per heavy atom. The lowest BCUT2D eigenvalue weighted by molar-refractivity contribution is 0.0254. The van der Waals surface area contributed by atoms with Crippen molar-refractivity contribution in [3.8, 4) is 0 Å². The second-order valence-electron chi connectivity index (χ2n) is 4.26. The molecule has 64 valence electrons. The quantitative estimate of drug-likeness (QED) is 0.661. The minimum absolute atomic E-state index is 0.141. The molecule has 0 heterocycles. The molecule has 2 aliphatic carbocycles. The van der Waals surface area contributed by atoms with Crippen LogP contribution in [0.15, 0.2) is 0 Å². The first-order valence-electron chi connectivity index (χ1n) is 4.39. The largest absolute Gasteiger partial charge is 0.396 e. The summed E-state index contributed by atoms with van der Waals surface area (Å²) in [6, 6.07) is 0. The van der Waals surface area contributed by atoms with Crippen LogP contribution in [0.3, 0.4) is 0 Å². The normalized spacial score (nSPS) is 47.5. The molecule has 11 heavy (non-hydrogen) atoms. The lowest BCUT2D eigenvalue weighted by Gasteiger charge is -2.27.